The summed E-state index contributed by atoms with van der Waals surface area (Å²) in [5.41, 5.74) is 1.14. The van der Waals surface area contributed by atoms with Gasteiger partial charge in [0.15, 0.2) is 0 Å². The number of hydrogen-bond donors (Lipinski definition) is 2. The average molecular weight is 408 g/mol. The third kappa shape index (κ3) is 3.41. The van der Waals surface area contributed by atoms with Crippen molar-refractivity contribution in [3.8, 4) is 11.3 Å². The van der Waals surface area contributed by atoms with Crippen LogP contribution in [0.1, 0.15) is 47.4 Å². The molecule has 2 heterocycles. The van der Waals surface area contributed by atoms with Gasteiger partial charge in [-0.2, -0.15) is 0 Å². The molecule has 154 valence electrons. The first kappa shape index (κ1) is 19.6. The van der Waals surface area contributed by atoms with Gasteiger partial charge in [0.2, 0.25) is 0 Å². The Morgan fingerprint density at radius 2 is 1.90 bits per heavy atom. The largest absolute Gasteiger partial charge is 0.478 e. The van der Waals surface area contributed by atoms with Crippen LogP contribution in [-0.2, 0) is 9.59 Å². The second-order valence-electron chi connectivity index (χ2n) is 7.42. The monoisotopic (exact) mass is 408 g/mol. The lowest BCUT2D eigenvalue weighted by Gasteiger charge is -2.30. The molecule has 1 aromatic carbocycles. The van der Waals surface area contributed by atoms with E-state index in [2.05, 4.69) is 5.32 Å². The molecule has 1 saturated carbocycles. The van der Waals surface area contributed by atoms with Crippen LogP contribution < -0.4 is 5.32 Å². The molecule has 30 heavy (non-hydrogen) atoms. The minimum atomic E-state index is -1.04. The fourth-order valence-electron chi connectivity index (χ4n) is 4.02. The number of carboxylic acid groups (broad SMARTS) is 1. The maximum Gasteiger partial charge on any atom is 0.335 e. The first-order chi connectivity index (χ1) is 14.4. The summed E-state index contributed by atoms with van der Waals surface area (Å²) in [4.78, 5) is 49.8. The molecule has 1 aromatic heterocycles. The molecule has 2 aliphatic rings. The van der Waals surface area contributed by atoms with Crippen molar-refractivity contribution in [3.05, 3.63) is 52.8 Å². The molecule has 0 bridgehead atoms. The first-order valence-corrected chi connectivity index (χ1v) is 9.70. The maximum atomic E-state index is 12.9. The summed E-state index contributed by atoms with van der Waals surface area (Å²) >= 11 is 0. The van der Waals surface area contributed by atoms with E-state index in [1.807, 2.05) is 0 Å². The van der Waals surface area contributed by atoms with E-state index in [1.54, 1.807) is 31.2 Å². The Hall–Kier alpha value is -3.68. The van der Waals surface area contributed by atoms with Crippen molar-refractivity contribution in [1.29, 1.82) is 0 Å². The number of hydrogen-bond acceptors (Lipinski definition) is 5. The molecule has 1 saturated heterocycles. The topological polar surface area (TPSA) is 117 Å². The zero-order chi connectivity index (χ0) is 21.4. The molecule has 1 aliphatic carbocycles. The maximum absolute atomic E-state index is 12.9. The van der Waals surface area contributed by atoms with E-state index < -0.39 is 23.8 Å². The van der Waals surface area contributed by atoms with E-state index in [1.165, 1.54) is 12.1 Å². The number of aromatic carboxylic acids is 1. The van der Waals surface area contributed by atoms with E-state index in [9.17, 15) is 24.3 Å². The van der Waals surface area contributed by atoms with Crippen LogP contribution in [0.25, 0.3) is 17.4 Å². The lowest BCUT2D eigenvalue weighted by atomic mass is 10.0. The van der Waals surface area contributed by atoms with E-state index >= 15 is 0 Å². The third-order valence-electron chi connectivity index (χ3n) is 5.57. The summed E-state index contributed by atoms with van der Waals surface area (Å²) < 4.78 is 5.77. The molecule has 1 aliphatic heterocycles. The molecule has 0 radical (unpaired) electrons. The highest BCUT2D eigenvalue weighted by Gasteiger charge is 2.40. The number of carbonyl (C=O) groups is 4. The SMILES string of the molecule is Cc1c(C(=O)O)cccc1-c1ccc(/C=C2\C(=O)NC(=O)N(C3CCCC3)C2=O)o1. The Kier molecular flexibility index (Phi) is 4.99. The number of furan rings is 1. The molecule has 2 N–H and O–H groups in total. The van der Waals surface area contributed by atoms with Crippen molar-refractivity contribution in [2.75, 3.05) is 0 Å². The highest BCUT2D eigenvalue weighted by molar-refractivity contribution is 6.31. The molecule has 4 amide bonds. The quantitative estimate of drug-likeness (QED) is 0.592. The lowest BCUT2D eigenvalue weighted by Crippen LogP contribution is -2.57. The second kappa shape index (κ2) is 7.62. The van der Waals surface area contributed by atoms with Crippen LogP contribution in [0, 0.1) is 6.92 Å². The van der Waals surface area contributed by atoms with E-state index in [-0.39, 0.29) is 22.9 Å². The van der Waals surface area contributed by atoms with Gasteiger partial charge >= 0.3 is 12.0 Å². The fourth-order valence-corrected chi connectivity index (χ4v) is 4.02. The highest BCUT2D eigenvalue weighted by atomic mass is 16.4. The van der Waals surface area contributed by atoms with Crippen LogP contribution >= 0.6 is 0 Å². The normalized spacial score (nSPS) is 18.9. The van der Waals surface area contributed by atoms with Gasteiger partial charge in [0, 0.05) is 11.6 Å². The fraction of sp³-hybridized carbons (Fsp3) is 0.273. The van der Waals surface area contributed by atoms with Crippen LogP contribution in [-0.4, -0.2) is 39.9 Å². The van der Waals surface area contributed by atoms with Crippen LogP contribution in [0.5, 0.6) is 0 Å². The number of carbonyl (C=O) groups excluding carboxylic acids is 3. The molecule has 2 fully saturated rings. The smallest absolute Gasteiger partial charge is 0.335 e. The van der Waals surface area contributed by atoms with Crippen molar-refractivity contribution in [2.24, 2.45) is 0 Å². The number of barbiturate groups is 1. The molecule has 0 unspecified atom stereocenters. The Morgan fingerprint density at radius 1 is 1.17 bits per heavy atom. The van der Waals surface area contributed by atoms with Crippen LogP contribution in [0.2, 0.25) is 0 Å². The molecular weight excluding hydrogens is 388 g/mol. The summed E-state index contributed by atoms with van der Waals surface area (Å²) in [7, 11) is 0. The molecule has 2 aromatic rings. The number of amides is 4. The number of carboxylic acids is 1. The first-order valence-electron chi connectivity index (χ1n) is 9.70. The minimum absolute atomic E-state index is 0.163. The summed E-state index contributed by atoms with van der Waals surface area (Å²) in [6, 6.07) is 7.20. The van der Waals surface area contributed by atoms with Crippen LogP contribution in [0.4, 0.5) is 4.79 Å². The van der Waals surface area contributed by atoms with Gasteiger partial charge in [0.05, 0.1) is 5.56 Å². The summed E-state index contributed by atoms with van der Waals surface area (Å²) in [6.07, 6.45) is 4.64. The molecule has 8 nitrogen and oxygen atoms in total. The van der Waals surface area contributed by atoms with Gasteiger partial charge in [-0.25, -0.2) is 9.59 Å². The zero-order valence-electron chi connectivity index (χ0n) is 16.3. The van der Waals surface area contributed by atoms with Gasteiger partial charge < -0.3 is 9.52 Å². The molecule has 8 heteroatoms. The Labute approximate surface area is 172 Å². The number of nitrogens with zero attached hydrogens (tertiary/aromatic N) is 1. The van der Waals surface area contributed by atoms with Crippen molar-refractivity contribution < 1.29 is 28.7 Å². The number of imide groups is 2. The predicted molar refractivity (Wildman–Crippen MR) is 106 cm³/mol. The van der Waals surface area contributed by atoms with Crippen molar-refractivity contribution in [2.45, 2.75) is 38.6 Å². The van der Waals surface area contributed by atoms with Gasteiger partial charge in [-0.1, -0.05) is 25.0 Å². The molecular formula is C22H20N2O6. The number of benzene rings is 1. The van der Waals surface area contributed by atoms with Crippen molar-refractivity contribution in [3.63, 3.8) is 0 Å². The Morgan fingerprint density at radius 3 is 2.60 bits per heavy atom. The second-order valence-corrected chi connectivity index (χ2v) is 7.42. The van der Waals surface area contributed by atoms with Crippen molar-refractivity contribution in [1.82, 2.24) is 10.2 Å². The van der Waals surface area contributed by atoms with Gasteiger partial charge in [-0.15, -0.1) is 0 Å². The van der Waals surface area contributed by atoms with Gasteiger partial charge in [-0.05, 0) is 49.6 Å². The average Bonchev–Trinajstić information content (AvgIpc) is 3.37. The molecule has 0 spiro atoms. The van der Waals surface area contributed by atoms with E-state index in [4.69, 9.17) is 4.42 Å². The van der Waals surface area contributed by atoms with E-state index in [0.29, 0.717) is 16.9 Å². The lowest BCUT2D eigenvalue weighted by molar-refractivity contribution is -0.131. The zero-order valence-corrected chi connectivity index (χ0v) is 16.3. The highest BCUT2D eigenvalue weighted by Crippen LogP contribution is 2.30. The number of rotatable bonds is 4. The summed E-state index contributed by atoms with van der Waals surface area (Å²) in [5, 5.41) is 11.5. The van der Waals surface area contributed by atoms with E-state index in [0.717, 1.165) is 30.6 Å². The minimum Gasteiger partial charge on any atom is -0.478 e. The Balaban J connectivity index is 1.66. The van der Waals surface area contributed by atoms with Crippen LogP contribution in [0.3, 0.4) is 0 Å². The van der Waals surface area contributed by atoms with Gasteiger partial charge in [0.1, 0.15) is 17.1 Å². The Bertz CT molecular complexity index is 1090. The summed E-state index contributed by atoms with van der Waals surface area (Å²) in [5.74, 6) is -1.76. The van der Waals surface area contributed by atoms with Crippen LogP contribution in [0.15, 0.2) is 40.3 Å². The number of nitrogens with one attached hydrogen (secondary N) is 1. The molecule has 4 rings (SSSR count). The van der Waals surface area contributed by atoms with Crippen molar-refractivity contribution >= 4 is 29.9 Å². The summed E-state index contributed by atoms with van der Waals surface area (Å²) in [6.45, 7) is 1.68. The van der Waals surface area contributed by atoms with Gasteiger partial charge in [-0.3, -0.25) is 19.8 Å². The third-order valence-corrected chi connectivity index (χ3v) is 5.57. The standard InChI is InChI=1S/C22H20N2O6/c1-12-15(7-4-8-16(12)21(27)28)18-10-9-14(30-18)11-17-19(25)23-22(29)24(20(17)26)13-5-2-3-6-13/h4,7-11,13H,2-3,5-6H2,1H3,(H,27,28)(H,23,25,29)/b17-11+. The number of urea groups is 1. The van der Waals surface area contributed by atoms with Gasteiger partial charge in [0.25, 0.3) is 11.8 Å². The predicted octanol–water partition coefficient (Wildman–Crippen LogP) is 3.36. The molecule has 0 atom stereocenters.